The number of carboxylic acid groups (broad SMARTS) is 1. The third-order valence-electron chi connectivity index (χ3n) is 3.07. The fourth-order valence-corrected chi connectivity index (χ4v) is 3.07. The second-order valence-corrected chi connectivity index (χ2v) is 5.36. The molecule has 3 aromatic rings. The number of ether oxygens (including phenoxy) is 1. The summed E-state index contributed by atoms with van der Waals surface area (Å²) in [5, 5.41) is 14.4. The summed E-state index contributed by atoms with van der Waals surface area (Å²) in [4.78, 5) is 12.2. The second-order valence-electron chi connectivity index (χ2n) is 4.33. The number of rotatable bonds is 3. The van der Waals surface area contributed by atoms with Crippen molar-refractivity contribution in [3.8, 4) is 11.4 Å². The van der Waals surface area contributed by atoms with E-state index in [0.717, 1.165) is 27.3 Å². The molecule has 2 aromatic heterocycles. The van der Waals surface area contributed by atoms with Gasteiger partial charge in [-0.2, -0.15) is 5.10 Å². The summed E-state index contributed by atoms with van der Waals surface area (Å²) in [6, 6.07) is 9.16. The smallest absolute Gasteiger partial charge is 0.345 e. The van der Waals surface area contributed by atoms with Crippen molar-refractivity contribution in [2.24, 2.45) is 0 Å². The normalized spacial score (nSPS) is 10.9. The fraction of sp³-hybridized carbons (Fsp3) is 0.143. The average Bonchev–Trinajstić information content (AvgIpc) is 3.00. The summed E-state index contributed by atoms with van der Waals surface area (Å²) in [5.74, 6) is -0.141. The van der Waals surface area contributed by atoms with Crippen molar-refractivity contribution in [2.45, 2.75) is 6.92 Å². The molecule has 0 saturated heterocycles. The van der Waals surface area contributed by atoms with Crippen molar-refractivity contribution >= 4 is 27.5 Å². The molecular formula is C14H12N2O3S. The van der Waals surface area contributed by atoms with Gasteiger partial charge in [-0.15, -0.1) is 11.3 Å². The van der Waals surface area contributed by atoms with Crippen molar-refractivity contribution < 1.29 is 14.6 Å². The molecule has 0 fully saturated rings. The standard InChI is InChI=1S/C14H12N2O3S/c1-8-11-7-12(14(17)18)20-13(11)16(15-8)9-3-5-10(19-2)6-4-9/h3-7H,1-2H3,(H,17,18). The number of fused-ring (bicyclic) bond motifs is 1. The van der Waals surface area contributed by atoms with Crippen LogP contribution in [0.25, 0.3) is 15.9 Å². The molecule has 0 bridgehead atoms. The first-order valence-electron chi connectivity index (χ1n) is 5.97. The maximum absolute atomic E-state index is 11.1. The van der Waals surface area contributed by atoms with Gasteiger partial charge in [-0.05, 0) is 37.3 Å². The van der Waals surface area contributed by atoms with Gasteiger partial charge in [0.2, 0.25) is 0 Å². The maximum Gasteiger partial charge on any atom is 0.345 e. The molecule has 102 valence electrons. The van der Waals surface area contributed by atoms with Crippen molar-refractivity contribution in [3.05, 3.63) is 40.9 Å². The Bertz CT molecular complexity index is 787. The van der Waals surface area contributed by atoms with Gasteiger partial charge in [0, 0.05) is 5.39 Å². The van der Waals surface area contributed by atoms with Gasteiger partial charge in [0.05, 0.1) is 18.5 Å². The van der Waals surface area contributed by atoms with Crippen molar-refractivity contribution in [1.82, 2.24) is 9.78 Å². The molecule has 0 radical (unpaired) electrons. The van der Waals surface area contributed by atoms with E-state index in [-0.39, 0.29) is 0 Å². The van der Waals surface area contributed by atoms with Gasteiger partial charge in [-0.1, -0.05) is 0 Å². The molecule has 0 spiro atoms. The molecule has 0 atom stereocenters. The Balaban J connectivity index is 2.16. The zero-order chi connectivity index (χ0) is 14.3. The molecule has 1 aromatic carbocycles. The molecule has 1 N–H and O–H groups in total. The highest BCUT2D eigenvalue weighted by Crippen LogP contribution is 2.30. The number of methoxy groups -OCH3 is 1. The highest BCUT2D eigenvalue weighted by atomic mass is 32.1. The van der Waals surface area contributed by atoms with Crippen LogP contribution in [0.3, 0.4) is 0 Å². The molecule has 0 saturated carbocycles. The Morgan fingerprint density at radius 1 is 1.35 bits per heavy atom. The van der Waals surface area contributed by atoms with Gasteiger partial charge in [0.1, 0.15) is 15.5 Å². The van der Waals surface area contributed by atoms with E-state index in [2.05, 4.69) is 5.10 Å². The minimum Gasteiger partial charge on any atom is -0.497 e. The summed E-state index contributed by atoms with van der Waals surface area (Å²) in [6.07, 6.45) is 0. The summed E-state index contributed by atoms with van der Waals surface area (Å²) >= 11 is 1.23. The van der Waals surface area contributed by atoms with E-state index >= 15 is 0 Å². The van der Waals surface area contributed by atoms with Crippen LogP contribution in [0.2, 0.25) is 0 Å². The predicted molar refractivity (Wildman–Crippen MR) is 77.2 cm³/mol. The summed E-state index contributed by atoms with van der Waals surface area (Å²) in [7, 11) is 1.61. The van der Waals surface area contributed by atoms with Gasteiger partial charge in [-0.25, -0.2) is 9.48 Å². The van der Waals surface area contributed by atoms with Crippen LogP contribution in [0.5, 0.6) is 5.75 Å². The number of aromatic nitrogens is 2. The molecule has 0 amide bonds. The van der Waals surface area contributed by atoms with Gasteiger partial charge < -0.3 is 9.84 Å². The molecule has 0 aliphatic heterocycles. The fourth-order valence-electron chi connectivity index (χ4n) is 2.05. The van der Waals surface area contributed by atoms with Crippen LogP contribution in [0, 0.1) is 6.92 Å². The minimum atomic E-state index is -0.910. The Labute approximate surface area is 119 Å². The third kappa shape index (κ3) is 1.94. The van der Waals surface area contributed by atoms with Crippen molar-refractivity contribution in [3.63, 3.8) is 0 Å². The number of aromatic carboxylic acids is 1. The number of nitrogens with zero attached hydrogens (tertiary/aromatic N) is 2. The Morgan fingerprint density at radius 2 is 2.05 bits per heavy atom. The van der Waals surface area contributed by atoms with Crippen LogP contribution >= 0.6 is 11.3 Å². The lowest BCUT2D eigenvalue weighted by Crippen LogP contribution is -1.96. The predicted octanol–water partition coefficient (Wildman–Crippen LogP) is 3.10. The van der Waals surface area contributed by atoms with E-state index in [9.17, 15) is 4.79 Å². The number of thiophene rings is 1. The molecule has 3 rings (SSSR count). The molecule has 20 heavy (non-hydrogen) atoms. The molecule has 0 aliphatic rings. The van der Waals surface area contributed by atoms with Crippen LogP contribution in [-0.2, 0) is 0 Å². The number of hydrogen-bond donors (Lipinski definition) is 1. The highest BCUT2D eigenvalue weighted by molar-refractivity contribution is 7.20. The lowest BCUT2D eigenvalue weighted by atomic mass is 10.3. The van der Waals surface area contributed by atoms with E-state index in [1.165, 1.54) is 11.3 Å². The first kappa shape index (κ1) is 12.7. The molecule has 0 aliphatic carbocycles. The van der Waals surface area contributed by atoms with E-state index in [1.54, 1.807) is 17.9 Å². The maximum atomic E-state index is 11.1. The SMILES string of the molecule is COc1ccc(-n2nc(C)c3cc(C(=O)O)sc32)cc1. The summed E-state index contributed by atoms with van der Waals surface area (Å²) in [5.41, 5.74) is 1.70. The van der Waals surface area contributed by atoms with Crippen LogP contribution < -0.4 is 4.74 Å². The Hall–Kier alpha value is -2.34. The molecule has 0 unspecified atom stereocenters. The molecular weight excluding hydrogens is 276 g/mol. The van der Waals surface area contributed by atoms with E-state index in [4.69, 9.17) is 9.84 Å². The van der Waals surface area contributed by atoms with Crippen LogP contribution in [0.4, 0.5) is 0 Å². The van der Waals surface area contributed by atoms with Crippen LogP contribution in [-0.4, -0.2) is 28.0 Å². The van der Waals surface area contributed by atoms with Crippen LogP contribution in [0.15, 0.2) is 30.3 Å². The summed E-state index contributed by atoms with van der Waals surface area (Å²) in [6.45, 7) is 1.88. The van der Waals surface area contributed by atoms with E-state index in [0.29, 0.717) is 4.88 Å². The Kier molecular flexibility index (Phi) is 2.94. The van der Waals surface area contributed by atoms with E-state index < -0.39 is 5.97 Å². The monoisotopic (exact) mass is 288 g/mol. The summed E-state index contributed by atoms with van der Waals surface area (Å²) < 4.78 is 6.89. The molecule has 6 heteroatoms. The van der Waals surface area contributed by atoms with Gasteiger partial charge in [0.15, 0.2) is 0 Å². The first-order valence-corrected chi connectivity index (χ1v) is 6.78. The number of carboxylic acids is 1. The number of aryl methyl sites for hydroxylation is 1. The second kappa shape index (κ2) is 4.64. The minimum absolute atomic E-state index is 0.322. The van der Waals surface area contributed by atoms with Crippen molar-refractivity contribution in [2.75, 3.05) is 7.11 Å². The first-order chi connectivity index (χ1) is 9.60. The van der Waals surface area contributed by atoms with Gasteiger partial charge >= 0.3 is 5.97 Å². The van der Waals surface area contributed by atoms with Crippen LogP contribution in [0.1, 0.15) is 15.4 Å². The quantitative estimate of drug-likeness (QED) is 0.804. The Morgan fingerprint density at radius 3 is 2.65 bits per heavy atom. The molecule has 2 heterocycles. The average molecular weight is 288 g/mol. The van der Waals surface area contributed by atoms with Crippen molar-refractivity contribution in [1.29, 1.82) is 0 Å². The highest BCUT2D eigenvalue weighted by Gasteiger charge is 2.16. The van der Waals surface area contributed by atoms with E-state index in [1.807, 2.05) is 31.2 Å². The largest absolute Gasteiger partial charge is 0.497 e. The topological polar surface area (TPSA) is 64.4 Å². The zero-order valence-electron chi connectivity index (χ0n) is 11.0. The molecule has 5 nitrogen and oxygen atoms in total. The lowest BCUT2D eigenvalue weighted by Gasteiger charge is -2.03. The van der Waals surface area contributed by atoms with Gasteiger partial charge in [-0.3, -0.25) is 0 Å². The lowest BCUT2D eigenvalue weighted by molar-refractivity contribution is 0.0702. The number of hydrogen-bond acceptors (Lipinski definition) is 4. The zero-order valence-corrected chi connectivity index (χ0v) is 11.8. The third-order valence-corrected chi connectivity index (χ3v) is 4.17. The van der Waals surface area contributed by atoms with Gasteiger partial charge in [0.25, 0.3) is 0 Å². The number of carbonyl (C=O) groups is 1. The number of benzene rings is 1.